The Morgan fingerprint density at radius 1 is 1.17 bits per heavy atom. The molecule has 18 heavy (non-hydrogen) atoms. The predicted molar refractivity (Wildman–Crippen MR) is 73.5 cm³/mol. The standard InChI is InChI=1S/C14H15BrO3/c1-9(13(17)18-14(2,3)4)12(16)10-5-7-11(15)8-6-10/h5-8H,1H2,2-4H3. The Bertz CT molecular complexity index is 481. The number of hydrogen-bond acceptors (Lipinski definition) is 3. The van der Waals surface area contributed by atoms with E-state index in [0.29, 0.717) is 5.56 Å². The lowest BCUT2D eigenvalue weighted by molar-refractivity contribution is -0.149. The lowest BCUT2D eigenvalue weighted by Gasteiger charge is -2.19. The van der Waals surface area contributed by atoms with Gasteiger partial charge in [0.05, 0.1) is 0 Å². The minimum absolute atomic E-state index is 0.160. The molecule has 0 heterocycles. The van der Waals surface area contributed by atoms with Crippen molar-refractivity contribution in [2.24, 2.45) is 0 Å². The number of carbonyl (C=O) groups is 2. The van der Waals surface area contributed by atoms with E-state index in [4.69, 9.17) is 4.74 Å². The topological polar surface area (TPSA) is 43.4 Å². The van der Waals surface area contributed by atoms with Crippen LogP contribution in [0.1, 0.15) is 31.1 Å². The van der Waals surface area contributed by atoms with Crippen molar-refractivity contribution in [2.45, 2.75) is 26.4 Å². The first-order valence-electron chi connectivity index (χ1n) is 5.43. The molecule has 0 spiro atoms. The van der Waals surface area contributed by atoms with E-state index < -0.39 is 17.4 Å². The molecule has 0 N–H and O–H groups in total. The maximum absolute atomic E-state index is 12.0. The number of carbonyl (C=O) groups excluding carboxylic acids is 2. The molecule has 4 heteroatoms. The van der Waals surface area contributed by atoms with E-state index in [1.807, 2.05) is 0 Å². The summed E-state index contributed by atoms with van der Waals surface area (Å²) in [6, 6.07) is 6.72. The van der Waals surface area contributed by atoms with Crippen molar-refractivity contribution >= 4 is 27.7 Å². The highest BCUT2D eigenvalue weighted by atomic mass is 79.9. The predicted octanol–water partition coefficient (Wildman–Crippen LogP) is 3.53. The fourth-order valence-corrected chi connectivity index (χ4v) is 1.47. The van der Waals surface area contributed by atoms with Crippen LogP contribution < -0.4 is 0 Å². The first-order chi connectivity index (χ1) is 8.20. The first-order valence-corrected chi connectivity index (χ1v) is 6.22. The maximum Gasteiger partial charge on any atom is 0.342 e. The van der Waals surface area contributed by atoms with Crippen LogP contribution in [-0.4, -0.2) is 17.4 Å². The van der Waals surface area contributed by atoms with Gasteiger partial charge >= 0.3 is 5.97 Å². The number of esters is 1. The second kappa shape index (κ2) is 5.48. The molecule has 1 aromatic rings. The van der Waals surface area contributed by atoms with Crippen LogP contribution in [0.4, 0.5) is 0 Å². The quantitative estimate of drug-likeness (QED) is 0.282. The summed E-state index contributed by atoms with van der Waals surface area (Å²) in [7, 11) is 0. The Kier molecular flexibility index (Phi) is 4.46. The van der Waals surface area contributed by atoms with Crippen LogP contribution in [0.15, 0.2) is 40.9 Å². The number of ether oxygens (including phenoxy) is 1. The molecular formula is C14H15BrO3. The van der Waals surface area contributed by atoms with E-state index in [2.05, 4.69) is 22.5 Å². The molecule has 0 saturated carbocycles. The van der Waals surface area contributed by atoms with Crippen LogP contribution in [0.5, 0.6) is 0 Å². The number of halogens is 1. The van der Waals surface area contributed by atoms with E-state index in [1.165, 1.54) is 0 Å². The number of Topliss-reactive ketones (excluding diaryl/α,β-unsaturated/α-hetero) is 1. The SMILES string of the molecule is C=C(C(=O)OC(C)(C)C)C(=O)c1ccc(Br)cc1. The van der Waals surface area contributed by atoms with Crippen molar-refractivity contribution in [3.8, 4) is 0 Å². The third kappa shape index (κ3) is 4.11. The molecule has 0 aliphatic rings. The van der Waals surface area contributed by atoms with Crippen LogP contribution in [0.3, 0.4) is 0 Å². The normalized spacial score (nSPS) is 10.9. The minimum Gasteiger partial charge on any atom is -0.456 e. The molecule has 3 nitrogen and oxygen atoms in total. The summed E-state index contributed by atoms with van der Waals surface area (Å²) in [5.41, 5.74) is -0.388. The van der Waals surface area contributed by atoms with Gasteiger partial charge in [-0.05, 0) is 45.0 Å². The van der Waals surface area contributed by atoms with Gasteiger partial charge in [-0.3, -0.25) is 4.79 Å². The minimum atomic E-state index is -0.685. The molecule has 0 aromatic heterocycles. The molecule has 0 unspecified atom stereocenters. The second-order valence-electron chi connectivity index (χ2n) is 4.82. The second-order valence-corrected chi connectivity index (χ2v) is 5.73. The summed E-state index contributed by atoms with van der Waals surface area (Å²) in [6.07, 6.45) is 0. The van der Waals surface area contributed by atoms with E-state index in [0.717, 1.165) is 4.47 Å². The van der Waals surface area contributed by atoms with E-state index in [-0.39, 0.29) is 5.57 Å². The summed E-state index contributed by atoms with van der Waals surface area (Å²) in [5.74, 6) is -1.10. The smallest absolute Gasteiger partial charge is 0.342 e. The molecule has 1 rings (SSSR count). The van der Waals surface area contributed by atoms with E-state index in [9.17, 15) is 9.59 Å². The van der Waals surface area contributed by atoms with E-state index >= 15 is 0 Å². The Morgan fingerprint density at radius 3 is 2.11 bits per heavy atom. The van der Waals surface area contributed by atoms with Gasteiger partial charge in [0.1, 0.15) is 11.2 Å². The Morgan fingerprint density at radius 2 is 1.67 bits per heavy atom. The van der Waals surface area contributed by atoms with Gasteiger partial charge in [-0.15, -0.1) is 0 Å². The molecule has 1 aromatic carbocycles. The van der Waals surface area contributed by atoms with E-state index in [1.54, 1.807) is 45.0 Å². The van der Waals surface area contributed by atoms with Crippen LogP contribution in [0, 0.1) is 0 Å². The third-order valence-electron chi connectivity index (χ3n) is 2.03. The van der Waals surface area contributed by atoms with Crippen molar-refractivity contribution in [3.63, 3.8) is 0 Å². The molecule has 0 fully saturated rings. The number of benzene rings is 1. The summed E-state index contributed by atoms with van der Waals surface area (Å²) >= 11 is 3.27. The largest absolute Gasteiger partial charge is 0.456 e. The molecule has 96 valence electrons. The molecule has 0 radical (unpaired) electrons. The zero-order valence-electron chi connectivity index (χ0n) is 10.6. The highest BCUT2D eigenvalue weighted by Gasteiger charge is 2.23. The Hall–Kier alpha value is -1.42. The van der Waals surface area contributed by atoms with Gasteiger partial charge < -0.3 is 4.74 Å². The summed E-state index contributed by atoms with van der Waals surface area (Å²) in [4.78, 5) is 23.7. The van der Waals surface area contributed by atoms with Crippen LogP contribution in [0.2, 0.25) is 0 Å². The van der Waals surface area contributed by atoms with Gasteiger partial charge in [0.25, 0.3) is 0 Å². The first kappa shape index (κ1) is 14.6. The summed E-state index contributed by atoms with van der Waals surface area (Å²) in [5, 5.41) is 0. The Labute approximate surface area is 115 Å². The lowest BCUT2D eigenvalue weighted by atomic mass is 10.0. The van der Waals surface area contributed by atoms with Crippen molar-refractivity contribution in [1.82, 2.24) is 0 Å². The average Bonchev–Trinajstić information content (AvgIpc) is 2.26. The number of rotatable bonds is 3. The number of ketones is 1. The maximum atomic E-state index is 12.0. The fraction of sp³-hybridized carbons (Fsp3) is 0.286. The third-order valence-corrected chi connectivity index (χ3v) is 2.55. The molecular weight excluding hydrogens is 296 g/mol. The molecule has 0 aliphatic carbocycles. The summed E-state index contributed by atoms with van der Waals surface area (Å²) < 4.78 is 5.96. The summed E-state index contributed by atoms with van der Waals surface area (Å²) in [6.45, 7) is 8.72. The van der Waals surface area contributed by atoms with Crippen LogP contribution >= 0.6 is 15.9 Å². The van der Waals surface area contributed by atoms with Gasteiger partial charge in [0.2, 0.25) is 0 Å². The highest BCUT2D eigenvalue weighted by molar-refractivity contribution is 9.10. The van der Waals surface area contributed by atoms with Gasteiger partial charge in [0, 0.05) is 10.0 Å². The molecule has 0 aliphatic heterocycles. The lowest BCUT2D eigenvalue weighted by Crippen LogP contribution is -2.26. The van der Waals surface area contributed by atoms with Crippen LogP contribution in [-0.2, 0) is 9.53 Å². The van der Waals surface area contributed by atoms with Gasteiger partial charge in [0.15, 0.2) is 5.78 Å². The van der Waals surface area contributed by atoms with Crippen LogP contribution in [0.25, 0.3) is 0 Å². The molecule has 0 bridgehead atoms. The molecule has 0 saturated heterocycles. The fourth-order valence-electron chi connectivity index (χ4n) is 1.21. The molecule has 0 atom stereocenters. The zero-order valence-corrected chi connectivity index (χ0v) is 12.2. The number of hydrogen-bond donors (Lipinski definition) is 0. The zero-order chi connectivity index (χ0) is 13.9. The van der Waals surface area contributed by atoms with Gasteiger partial charge in [-0.2, -0.15) is 0 Å². The van der Waals surface area contributed by atoms with Crippen molar-refractivity contribution in [3.05, 3.63) is 46.5 Å². The molecule has 0 amide bonds. The Balaban J connectivity index is 2.82. The average molecular weight is 311 g/mol. The van der Waals surface area contributed by atoms with Crippen molar-refractivity contribution in [2.75, 3.05) is 0 Å². The van der Waals surface area contributed by atoms with Crippen molar-refractivity contribution < 1.29 is 14.3 Å². The van der Waals surface area contributed by atoms with Crippen molar-refractivity contribution in [1.29, 1.82) is 0 Å². The van der Waals surface area contributed by atoms with Gasteiger partial charge in [-0.1, -0.05) is 22.5 Å². The monoisotopic (exact) mass is 310 g/mol. The highest BCUT2D eigenvalue weighted by Crippen LogP contribution is 2.16. The van der Waals surface area contributed by atoms with Gasteiger partial charge in [-0.25, -0.2) is 4.79 Å².